The third kappa shape index (κ3) is 2.74. The monoisotopic (exact) mass is 234 g/mol. The van der Waals surface area contributed by atoms with Gasteiger partial charge in [0.1, 0.15) is 0 Å². The molecule has 92 valence electrons. The van der Waals surface area contributed by atoms with Crippen LogP contribution in [0.4, 0.5) is 0 Å². The zero-order valence-corrected chi connectivity index (χ0v) is 10.4. The van der Waals surface area contributed by atoms with Gasteiger partial charge >= 0.3 is 0 Å². The van der Waals surface area contributed by atoms with Crippen LogP contribution < -0.4 is 0 Å². The fraction of sp³-hybridized carbons (Fsp3) is 0.500. The van der Waals surface area contributed by atoms with Crippen molar-refractivity contribution >= 4 is 0 Å². The van der Waals surface area contributed by atoms with Crippen LogP contribution in [0.1, 0.15) is 37.3 Å². The molecular formula is C12H18N4O. The lowest BCUT2D eigenvalue weighted by Gasteiger charge is -2.06. The molecule has 17 heavy (non-hydrogen) atoms. The summed E-state index contributed by atoms with van der Waals surface area (Å²) in [5, 5.41) is 18.5. The predicted molar refractivity (Wildman–Crippen MR) is 64.5 cm³/mol. The largest absolute Gasteiger partial charge is 0.388 e. The maximum Gasteiger partial charge on any atom is 0.0876 e. The first-order valence-corrected chi connectivity index (χ1v) is 5.77. The van der Waals surface area contributed by atoms with Gasteiger partial charge in [-0.15, -0.1) is 0 Å². The molecule has 0 aromatic carbocycles. The van der Waals surface area contributed by atoms with Crippen molar-refractivity contribution in [2.75, 3.05) is 0 Å². The van der Waals surface area contributed by atoms with Gasteiger partial charge in [-0.2, -0.15) is 10.2 Å². The highest BCUT2D eigenvalue weighted by Gasteiger charge is 2.13. The number of aromatic nitrogens is 4. The summed E-state index contributed by atoms with van der Waals surface area (Å²) < 4.78 is 3.58. The average molecular weight is 234 g/mol. The lowest BCUT2D eigenvalue weighted by molar-refractivity contribution is 0.177. The summed E-state index contributed by atoms with van der Waals surface area (Å²) in [5.41, 5.74) is 1.72. The lowest BCUT2D eigenvalue weighted by atomic mass is 10.1. The summed E-state index contributed by atoms with van der Waals surface area (Å²) in [6.07, 6.45) is 5.45. The first-order chi connectivity index (χ1) is 8.06. The number of aliphatic hydroxyl groups excluding tert-OH is 1. The van der Waals surface area contributed by atoms with Crippen LogP contribution in [0.5, 0.6) is 0 Å². The van der Waals surface area contributed by atoms with Crippen molar-refractivity contribution in [2.45, 2.75) is 32.4 Å². The molecule has 1 unspecified atom stereocenters. The molecule has 0 fully saturated rings. The van der Waals surface area contributed by atoms with E-state index in [0.717, 1.165) is 11.3 Å². The van der Waals surface area contributed by atoms with Gasteiger partial charge in [0.2, 0.25) is 0 Å². The van der Waals surface area contributed by atoms with Crippen LogP contribution in [-0.2, 0) is 13.5 Å². The summed E-state index contributed by atoms with van der Waals surface area (Å²) in [5.74, 6) is 0. The molecule has 2 rings (SSSR count). The molecule has 2 aromatic heterocycles. The molecule has 0 aliphatic heterocycles. The van der Waals surface area contributed by atoms with Crippen LogP contribution in [0.15, 0.2) is 24.7 Å². The van der Waals surface area contributed by atoms with E-state index in [9.17, 15) is 5.11 Å². The van der Waals surface area contributed by atoms with Gasteiger partial charge in [-0.25, -0.2) is 0 Å². The van der Waals surface area contributed by atoms with Crippen LogP contribution in [-0.4, -0.2) is 24.7 Å². The minimum Gasteiger partial charge on any atom is -0.388 e. The van der Waals surface area contributed by atoms with E-state index in [4.69, 9.17) is 0 Å². The van der Waals surface area contributed by atoms with Gasteiger partial charge in [0.05, 0.1) is 18.0 Å². The van der Waals surface area contributed by atoms with Gasteiger partial charge in [0.25, 0.3) is 0 Å². The van der Waals surface area contributed by atoms with Gasteiger partial charge in [0.15, 0.2) is 0 Å². The van der Waals surface area contributed by atoms with E-state index < -0.39 is 6.10 Å². The quantitative estimate of drug-likeness (QED) is 0.871. The molecule has 1 N–H and O–H groups in total. The number of nitrogens with zero attached hydrogens (tertiary/aromatic N) is 4. The van der Waals surface area contributed by atoms with Gasteiger partial charge in [-0.05, 0) is 19.9 Å². The van der Waals surface area contributed by atoms with Crippen LogP contribution >= 0.6 is 0 Å². The van der Waals surface area contributed by atoms with Crippen molar-refractivity contribution in [2.24, 2.45) is 7.05 Å². The lowest BCUT2D eigenvalue weighted by Crippen LogP contribution is -2.03. The van der Waals surface area contributed by atoms with Gasteiger partial charge in [-0.1, -0.05) is 0 Å². The Morgan fingerprint density at radius 1 is 1.41 bits per heavy atom. The average Bonchev–Trinajstić information content (AvgIpc) is 2.86. The minimum absolute atomic E-state index is 0.311. The number of hydrogen-bond donors (Lipinski definition) is 1. The van der Waals surface area contributed by atoms with Crippen molar-refractivity contribution < 1.29 is 5.11 Å². The van der Waals surface area contributed by atoms with Crippen LogP contribution in [0.25, 0.3) is 0 Å². The second-order valence-corrected chi connectivity index (χ2v) is 4.55. The molecule has 0 saturated carbocycles. The van der Waals surface area contributed by atoms with E-state index in [1.54, 1.807) is 10.9 Å². The van der Waals surface area contributed by atoms with E-state index in [1.807, 2.05) is 30.2 Å². The summed E-state index contributed by atoms with van der Waals surface area (Å²) in [7, 11) is 1.87. The van der Waals surface area contributed by atoms with Crippen LogP contribution in [0, 0.1) is 0 Å². The summed E-state index contributed by atoms with van der Waals surface area (Å²) in [6, 6.07) is 2.22. The molecule has 2 heterocycles. The summed E-state index contributed by atoms with van der Waals surface area (Å²) in [4.78, 5) is 0. The van der Waals surface area contributed by atoms with Crippen molar-refractivity contribution in [3.63, 3.8) is 0 Å². The van der Waals surface area contributed by atoms with Gasteiger partial charge in [-0.3, -0.25) is 9.36 Å². The van der Waals surface area contributed by atoms with Crippen molar-refractivity contribution in [3.8, 4) is 0 Å². The van der Waals surface area contributed by atoms with E-state index in [1.165, 1.54) is 0 Å². The molecule has 0 aliphatic carbocycles. The molecule has 0 spiro atoms. The fourth-order valence-corrected chi connectivity index (χ4v) is 1.70. The Labute approximate surface area is 101 Å². The number of aliphatic hydroxyl groups is 1. The highest BCUT2D eigenvalue weighted by molar-refractivity contribution is 5.12. The number of rotatable bonds is 4. The molecule has 0 amide bonds. The van der Waals surface area contributed by atoms with Crippen molar-refractivity contribution in [1.82, 2.24) is 19.6 Å². The maximum absolute atomic E-state index is 10.1. The molecule has 5 heteroatoms. The topological polar surface area (TPSA) is 55.9 Å². The number of hydrogen-bond acceptors (Lipinski definition) is 3. The zero-order chi connectivity index (χ0) is 12.4. The Balaban J connectivity index is 2.06. The standard InChI is InChI=1S/C12H18N4O/c1-9(2)16-8-10(7-13-16)12(17)6-11-4-5-15(3)14-11/h4-5,7-9,12,17H,6H2,1-3H3. The third-order valence-corrected chi connectivity index (χ3v) is 2.71. The number of aryl methyl sites for hydroxylation is 1. The minimum atomic E-state index is -0.544. The first-order valence-electron chi connectivity index (χ1n) is 5.77. The molecule has 0 aliphatic rings. The Bertz CT molecular complexity index is 486. The van der Waals surface area contributed by atoms with E-state index in [-0.39, 0.29) is 0 Å². The molecule has 0 saturated heterocycles. The van der Waals surface area contributed by atoms with Crippen molar-refractivity contribution in [3.05, 3.63) is 35.9 Å². The molecule has 0 bridgehead atoms. The van der Waals surface area contributed by atoms with Gasteiger partial charge in [0, 0.05) is 37.5 Å². The van der Waals surface area contributed by atoms with Crippen molar-refractivity contribution in [1.29, 1.82) is 0 Å². The normalized spacial score (nSPS) is 13.2. The van der Waals surface area contributed by atoms with E-state index in [2.05, 4.69) is 24.0 Å². The molecule has 2 aromatic rings. The molecular weight excluding hydrogens is 216 g/mol. The van der Waals surface area contributed by atoms with E-state index in [0.29, 0.717) is 12.5 Å². The smallest absolute Gasteiger partial charge is 0.0876 e. The first kappa shape index (κ1) is 11.9. The van der Waals surface area contributed by atoms with E-state index >= 15 is 0 Å². The van der Waals surface area contributed by atoms with Crippen LogP contribution in [0.2, 0.25) is 0 Å². The maximum atomic E-state index is 10.1. The fourth-order valence-electron chi connectivity index (χ4n) is 1.70. The second-order valence-electron chi connectivity index (χ2n) is 4.55. The molecule has 1 atom stereocenters. The Hall–Kier alpha value is -1.62. The Kier molecular flexibility index (Phi) is 3.28. The third-order valence-electron chi connectivity index (χ3n) is 2.71. The zero-order valence-electron chi connectivity index (χ0n) is 10.4. The van der Waals surface area contributed by atoms with Gasteiger partial charge < -0.3 is 5.11 Å². The highest BCUT2D eigenvalue weighted by Crippen LogP contribution is 2.17. The Morgan fingerprint density at radius 2 is 2.18 bits per heavy atom. The predicted octanol–water partition coefficient (Wildman–Crippen LogP) is 1.47. The SMILES string of the molecule is CC(C)n1cc(C(O)Cc2ccn(C)n2)cn1. The summed E-state index contributed by atoms with van der Waals surface area (Å²) >= 11 is 0. The molecule has 5 nitrogen and oxygen atoms in total. The highest BCUT2D eigenvalue weighted by atomic mass is 16.3. The Morgan fingerprint density at radius 3 is 2.71 bits per heavy atom. The van der Waals surface area contributed by atoms with Crippen LogP contribution in [0.3, 0.4) is 0 Å². The second kappa shape index (κ2) is 4.71. The summed E-state index contributed by atoms with van der Waals surface area (Å²) in [6.45, 7) is 4.11. The molecule has 0 radical (unpaired) electrons.